The van der Waals surface area contributed by atoms with Crippen molar-refractivity contribution in [2.24, 2.45) is 0 Å². The summed E-state index contributed by atoms with van der Waals surface area (Å²) in [5.74, 6) is 0.845. The van der Waals surface area contributed by atoms with Gasteiger partial charge in [0.15, 0.2) is 0 Å². The Morgan fingerprint density at radius 1 is 1.09 bits per heavy atom. The number of hydrogen-bond donors (Lipinski definition) is 2. The lowest BCUT2D eigenvalue weighted by Gasteiger charge is -2.35. The van der Waals surface area contributed by atoms with Gasteiger partial charge in [0.2, 0.25) is 0 Å². The number of nitrogens with one attached hydrogen (secondary N) is 1. The molecule has 34 heavy (non-hydrogen) atoms. The molecule has 0 saturated carbocycles. The SMILES string of the molecule is Cc1cc(-c2cnc(OC(=O)N3CCN(c4[nH]c5ccc(Cl)cc5c4CO)CC3)nc2)ccn1. The number of aromatic nitrogens is 4. The van der Waals surface area contributed by atoms with Crippen molar-refractivity contribution in [3.8, 4) is 17.1 Å². The monoisotopic (exact) mass is 478 g/mol. The van der Waals surface area contributed by atoms with Crippen LogP contribution < -0.4 is 9.64 Å². The van der Waals surface area contributed by atoms with Crippen LogP contribution in [0, 0.1) is 6.92 Å². The van der Waals surface area contributed by atoms with Crippen molar-refractivity contribution in [3.05, 3.63) is 65.2 Å². The number of anilines is 1. The molecule has 4 aromatic rings. The van der Waals surface area contributed by atoms with Gasteiger partial charge in [-0.05, 0) is 42.8 Å². The van der Waals surface area contributed by atoms with Gasteiger partial charge in [-0.3, -0.25) is 4.98 Å². The first kappa shape index (κ1) is 22.1. The third-order valence-corrected chi connectivity index (χ3v) is 6.13. The molecule has 4 heterocycles. The predicted molar refractivity (Wildman–Crippen MR) is 129 cm³/mol. The highest BCUT2D eigenvalue weighted by molar-refractivity contribution is 6.31. The van der Waals surface area contributed by atoms with Crippen LogP contribution in [-0.4, -0.2) is 62.2 Å². The van der Waals surface area contributed by atoms with Crippen LogP contribution in [0.4, 0.5) is 10.6 Å². The molecule has 1 aliphatic heterocycles. The van der Waals surface area contributed by atoms with Gasteiger partial charge in [-0.15, -0.1) is 0 Å². The van der Waals surface area contributed by atoms with Crippen molar-refractivity contribution in [1.82, 2.24) is 24.8 Å². The average molecular weight is 479 g/mol. The lowest BCUT2D eigenvalue weighted by Crippen LogP contribution is -2.50. The van der Waals surface area contributed by atoms with E-state index in [2.05, 4.69) is 24.8 Å². The molecule has 0 unspecified atom stereocenters. The number of aromatic amines is 1. The highest BCUT2D eigenvalue weighted by atomic mass is 35.5. The second-order valence-electron chi connectivity index (χ2n) is 8.08. The summed E-state index contributed by atoms with van der Waals surface area (Å²) < 4.78 is 5.39. The first-order valence-corrected chi connectivity index (χ1v) is 11.3. The van der Waals surface area contributed by atoms with Crippen LogP contribution in [0.15, 0.2) is 48.9 Å². The lowest BCUT2D eigenvalue weighted by molar-refractivity contribution is 0.145. The molecule has 1 fully saturated rings. The normalized spacial score (nSPS) is 14.0. The quantitative estimate of drug-likeness (QED) is 0.459. The van der Waals surface area contributed by atoms with Crippen molar-refractivity contribution in [3.63, 3.8) is 0 Å². The van der Waals surface area contributed by atoms with Crippen molar-refractivity contribution in [2.75, 3.05) is 31.1 Å². The van der Waals surface area contributed by atoms with Gasteiger partial charge in [-0.25, -0.2) is 14.8 Å². The highest BCUT2D eigenvalue weighted by Gasteiger charge is 2.26. The fourth-order valence-corrected chi connectivity index (χ4v) is 4.31. The molecule has 9 nitrogen and oxygen atoms in total. The number of rotatable bonds is 4. The number of hydrogen-bond acceptors (Lipinski definition) is 7. The Bertz CT molecular complexity index is 1330. The van der Waals surface area contributed by atoms with E-state index in [4.69, 9.17) is 16.3 Å². The number of amides is 1. The number of aryl methyl sites for hydroxylation is 1. The summed E-state index contributed by atoms with van der Waals surface area (Å²) in [4.78, 5) is 32.3. The van der Waals surface area contributed by atoms with Crippen molar-refractivity contribution < 1.29 is 14.6 Å². The number of H-pyrrole nitrogens is 1. The van der Waals surface area contributed by atoms with Gasteiger partial charge in [0.25, 0.3) is 0 Å². The molecule has 2 N–H and O–H groups in total. The van der Waals surface area contributed by atoms with Gasteiger partial charge in [0, 0.05) is 77.5 Å². The zero-order valence-corrected chi connectivity index (χ0v) is 19.3. The average Bonchev–Trinajstić information content (AvgIpc) is 3.22. The summed E-state index contributed by atoms with van der Waals surface area (Å²) >= 11 is 6.13. The molecule has 0 aliphatic carbocycles. The van der Waals surface area contributed by atoms with Crippen LogP contribution in [0.5, 0.6) is 6.01 Å². The van der Waals surface area contributed by atoms with E-state index >= 15 is 0 Å². The molecule has 1 amide bonds. The lowest BCUT2D eigenvalue weighted by atomic mass is 10.1. The molecule has 0 radical (unpaired) electrons. The van der Waals surface area contributed by atoms with Gasteiger partial charge in [-0.2, -0.15) is 0 Å². The zero-order valence-electron chi connectivity index (χ0n) is 18.5. The van der Waals surface area contributed by atoms with E-state index in [1.807, 2.05) is 37.3 Å². The van der Waals surface area contributed by atoms with E-state index in [9.17, 15) is 9.90 Å². The van der Waals surface area contributed by atoms with Gasteiger partial charge in [0.1, 0.15) is 5.82 Å². The molecule has 10 heteroatoms. The zero-order chi connectivity index (χ0) is 23.7. The summed E-state index contributed by atoms with van der Waals surface area (Å²) in [6.07, 6.45) is 4.49. The fourth-order valence-electron chi connectivity index (χ4n) is 4.13. The number of carbonyl (C=O) groups excluding carboxylic acids is 1. The number of ether oxygens (including phenoxy) is 1. The number of halogens is 1. The maximum atomic E-state index is 12.6. The van der Waals surface area contributed by atoms with Gasteiger partial charge >= 0.3 is 12.1 Å². The second-order valence-corrected chi connectivity index (χ2v) is 8.52. The number of piperazine rings is 1. The molecule has 0 atom stereocenters. The minimum absolute atomic E-state index is 0.0111. The van der Waals surface area contributed by atoms with Gasteiger partial charge in [0.05, 0.1) is 6.61 Å². The van der Waals surface area contributed by atoms with Crippen molar-refractivity contribution in [1.29, 1.82) is 0 Å². The molecule has 1 saturated heterocycles. The predicted octanol–water partition coefficient (Wildman–Crippen LogP) is 3.80. The van der Waals surface area contributed by atoms with E-state index in [1.165, 1.54) is 0 Å². The van der Waals surface area contributed by atoms with E-state index < -0.39 is 6.09 Å². The van der Waals surface area contributed by atoms with E-state index in [0.29, 0.717) is 31.2 Å². The van der Waals surface area contributed by atoms with Crippen LogP contribution >= 0.6 is 11.6 Å². The number of aliphatic hydroxyl groups excluding tert-OH is 1. The molecule has 1 aromatic carbocycles. The minimum atomic E-state index is -0.488. The molecule has 174 valence electrons. The van der Waals surface area contributed by atoms with Gasteiger partial charge in [-0.1, -0.05) is 11.6 Å². The third-order valence-electron chi connectivity index (χ3n) is 5.89. The molecule has 0 bridgehead atoms. The Balaban J connectivity index is 1.22. The molecule has 3 aromatic heterocycles. The maximum absolute atomic E-state index is 12.6. The number of pyridine rings is 1. The Kier molecular flexibility index (Phi) is 6.04. The van der Waals surface area contributed by atoms with E-state index in [1.54, 1.807) is 23.5 Å². The molecular weight excluding hydrogens is 456 g/mol. The fraction of sp³-hybridized carbons (Fsp3) is 0.250. The summed E-state index contributed by atoms with van der Waals surface area (Å²) in [7, 11) is 0. The topological polar surface area (TPSA) is 107 Å². The number of nitrogens with zero attached hydrogens (tertiary/aromatic N) is 5. The van der Waals surface area contributed by atoms with Gasteiger partial charge < -0.3 is 24.6 Å². The largest absolute Gasteiger partial charge is 0.417 e. The van der Waals surface area contributed by atoms with E-state index in [-0.39, 0.29) is 12.6 Å². The summed E-state index contributed by atoms with van der Waals surface area (Å²) in [5.41, 5.74) is 4.37. The highest BCUT2D eigenvalue weighted by Crippen LogP contribution is 2.31. The van der Waals surface area contributed by atoms with Crippen molar-refractivity contribution in [2.45, 2.75) is 13.5 Å². The smallest absolute Gasteiger partial charge is 0.392 e. The van der Waals surface area contributed by atoms with Crippen LogP contribution in [0.25, 0.3) is 22.0 Å². The molecule has 5 rings (SSSR count). The number of benzene rings is 1. The Morgan fingerprint density at radius 2 is 1.85 bits per heavy atom. The molecule has 0 spiro atoms. The minimum Gasteiger partial charge on any atom is -0.392 e. The first-order valence-electron chi connectivity index (χ1n) is 10.9. The Hall–Kier alpha value is -3.69. The summed E-state index contributed by atoms with van der Waals surface area (Å²) in [5, 5.41) is 11.5. The van der Waals surface area contributed by atoms with Crippen LogP contribution in [-0.2, 0) is 6.61 Å². The van der Waals surface area contributed by atoms with Crippen LogP contribution in [0.2, 0.25) is 5.02 Å². The number of aliphatic hydroxyl groups is 1. The Labute approximate surface area is 201 Å². The first-order chi connectivity index (χ1) is 16.5. The van der Waals surface area contributed by atoms with Crippen LogP contribution in [0.3, 0.4) is 0 Å². The van der Waals surface area contributed by atoms with Crippen LogP contribution in [0.1, 0.15) is 11.3 Å². The maximum Gasteiger partial charge on any atom is 0.417 e. The molecule has 1 aliphatic rings. The number of fused-ring (bicyclic) bond motifs is 1. The van der Waals surface area contributed by atoms with Crippen molar-refractivity contribution >= 4 is 34.4 Å². The number of carbonyl (C=O) groups is 1. The molecular formula is C24H23ClN6O3. The standard InChI is InChI=1S/C24H23ClN6O3/c1-15-10-16(4-5-26-15)17-12-27-23(28-13-17)34-24(33)31-8-6-30(7-9-31)22-20(14-32)19-11-18(25)2-3-21(19)29-22/h2-5,10-13,29,32H,6-9,14H2,1H3. The Morgan fingerprint density at radius 3 is 2.56 bits per heavy atom. The summed E-state index contributed by atoms with van der Waals surface area (Å²) in [6, 6.07) is 9.38. The second kappa shape index (κ2) is 9.28. The third kappa shape index (κ3) is 4.40. The summed E-state index contributed by atoms with van der Waals surface area (Å²) in [6.45, 7) is 3.92. The van der Waals surface area contributed by atoms with E-state index in [0.717, 1.165) is 39.1 Å².